The summed E-state index contributed by atoms with van der Waals surface area (Å²) in [6.45, 7) is 13.6. The molecule has 4 rings (SSSR count). The summed E-state index contributed by atoms with van der Waals surface area (Å²) in [7, 11) is 0. The lowest BCUT2D eigenvalue weighted by Crippen LogP contribution is -2.28. The van der Waals surface area contributed by atoms with E-state index < -0.39 is 0 Å². The van der Waals surface area contributed by atoms with E-state index in [0.717, 1.165) is 28.2 Å². The van der Waals surface area contributed by atoms with Crippen LogP contribution in [0.15, 0.2) is 53.3 Å². The minimum Gasteiger partial charge on any atom is -0.292 e. The highest BCUT2D eigenvalue weighted by Crippen LogP contribution is 2.22. The molecule has 0 saturated carbocycles. The van der Waals surface area contributed by atoms with E-state index in [4.69, 9.17) is 11.6 Å². The van der Waals surface area contributed by atoms with Gasteiger partial charge in [0.25, 0.3) is 5.56 Å². The Balaban J connectivity index is 1.57. The molecule has 0 fully saturated rings. The largest absolute Gasteiger partial charge is 0.292 e. The Bertz CT molecular complexity index is 1120. The first-order valence-electron chi connectivity index (χ1n) is 9.37. The molecule has 0 bridgehead atoms. The average molecular weight is 370 g/mol. The van der Waals surface area contributed by atoms with Crippen LogP contribution in [0.2, 0.25) is 0 Å². The number of rotatable bonds is 4. The molecule has 0 atom stereocenters. The Morgan fingerprint density at radius 2 is 1.82 bits per heavy atom. The van der Waals surface area contributed by atoms with E-state index in [1.165, 1.54) is 5.56 Å². The molecule has 28 heavy (non-hydrogen) atoms. The standard InChI is InChI=1S/C23H22N4O/c1-16-7-9-18(10-8-16)13-27-17(2)25-22-15-26(14-21(22)23(27)28)12-19-5-4-6-20(11-19)24-3/h4-11H,12-15H2,1-2H3. The molecular formula is C23H22N4O. The topological polar surface area (TPSA) is 42.5 Å². The molecule has 0 aliphatic carbocycles. The second-order valence-corrected chi connectivity index (χ2v) is 7.39. The summed E-state index contributed by atoms with van der Waals surface area (Å²) in [5.74, 6) is 0.751. The predicted molar refractivity (Wildman–Crippen MR) is 109 cm³/mol. The van der Waals surface area contributed by atoms with Gasteiger partial charge < -0.3 is 0 Å². The van der Waals surface area contributed by atoms with Gasteiger partial charge in [-0.1, -0.05) is 54.1 Å². The highest BCUT2D eigenvalue weighted by molar-refractivity contribution is 5.46. The molecule has 2 heterocycles. The van der Waals surface area contributed by atoms with Crippen molar-refractivity contribution in [1.29, 1.82) is 0 Å². The van der Waals surface area contributed by atoms with Crippen LogP contribution in [0.4, 0.5) is 5.69 Å². The normalized spacial score (nSPS) is 13.3. The maximum Gasteiger partial charge on any atom is 0.258 e. The molecule has 140 valence electrons. The molecule has 3 aromatic rings. The molecule has 0 amide bonds. The molecular weight excluding hydrogens is 348 g/mol. The second-order valence-electron chi connectivity index (χ2n) is 7.39. The van der Waals surface area contributed by atoms with Crippen molar-refractivity contribution in [3.8, 4) is 0 Å². The molecule has 0 N–H and O–H groups in total. The number of benzene rings is 2. The zero-order valence-corrected chi connectivity index (χ0v) is 16.1. The number of hydrogen-bond donors (Lipinski definition) is 0. The van der Waals surface area contributed by atoms with E-state index in [-0.39, 0.29) is 5.56 Å². The van der Waals surface area contributed by atoms with Crippen LogP contribution in [-0.2, 0) is 26.2 Å². The van der Waals surface area contributed by atoms with Crippen molar-refractivity contribution < 1.29 is 0 Å². The third-order valence-electron chi connectivity index (χ3n) is 5.20. The SMILES string of the molecule is [C-]#[N+]c1cccc(CN2Cc3nc(C)n(Cc4ccc(C)cc4)c(=O)c3C2)c1. The van der Waals surface area contributed by atoms with Gasteiger partial charge in [-0.05, 0) is 25.0 Å². The van der Waals surface area contributed by atoms with Gasteiger partial charge in [-0.2, -0.15) is 0 Å². The number of aromatic nitrogens is 2. The van der Waals surface area contributed by atoms with Gasteiger partial charge in [0, 0.05) is 19.6 Å². The van der Waals surface area contributed by atoms with Crippen molar-refractivity contribution >= 4 is 5.69 Å². The first kappa shape index (κ1) is 18.1. The van der Waals surface area contributed by atoms with Crippen LogP contribution in [0.3, 0.4) is 0 Å². The quantitative estimate of drug-likeness (QED) is 0.653. The minimum absolute atomic E-state index is 0.0560. The number of fused-ring (bicyclic) bond motifs is 1. The van der Waals surface area contributed by atoms with Gasteiger partial charge in [0.15, 0.2) is 5.69 Å². The van der Waals surface area contributed by atoms with Gasteiger partial charge in [-0.3, -0.25) is 14.3 Å². The summed E-state index contributed by atoms with van der Waals surface area (Å²) in [6.07, 6.45) is 0. The zero-order valence-electron chi connectivity index (χ0n) is 16.1. The van der Waals surface area contributed by atoms with Crippen LogP contribution in [0.25, 0.3) is 4.85 Å². The molecule has 1 aliphatic rings. The number of nitrogens with zero attached hydrogens (tertiary/aromatic N) is 4. The smallest absolute Gasteiger partial charge is 0.258 e. The van der Waals surface area contributed by atoms with Crippen LogP contribution in [0.1, 0.15) is 33.8 Å². The fourth-order valence-corrected chi connectivity index (χ4v) is 3.69. The van der Waals surface area contributed by atoms with Crippen LogP contribution in [-0.4, -0.2) is 14.5 Å². The van der Waals surface area contributed by atoms with E-state index in [9.17, 15) is 4.79 Å². The van der Waals surface area contributed by atoms with E-state index in [2.05, 4.69) is 40.9 Å². The third-order valence-corrected chi connectivity index (χ3v) is 5.20. The Labute approximate surface area is 164 Å². The maximum atomic E-state index is 13.1. The van der Waals surface area contributed by atoms with Gasteiger partial charge in [-0.25, -0.2) is 9.83 Å². The Hall–Kier alpha value is -3.23. The first-order chi connectivity index (χ1) is 13.5. The Morgan fingerprint density at radius 3 is 2.57 bits per heavy atom. The first-order valence-corrected chi connectivity index (χ1v) is 9.37. The summed E-state index contributed by atoms with van der Waals surface area (Å²) in [5.41, 5.74) is 5.76. The van der Waals surface area contributed by atoms with E-state index in [1.54, 1.807) is 4.57 Å². The van der Waals surface area contributed by atoms with Crippen molar-refractivity contribution in [2.75, 3.05) is 0 Å². The van der Waals surface area contributed by atoms with Crippen molar-refractivity contribution in [3.63, 3.8) is 0 Å². The third kappa shape index (κ3) is 3.60. The van der Waals surface area contributed by atoms with Gasteiger partial charge in [0.2, 0.25) is 0 Å². The lowest BCUT2D eigenvalue weighted by molar-refractivity contribution is 0.273. The lowest BCUT2D eigenvalue weighted by Gasteiger charge is -2.14. The van der Waals surface area contributed by atoms with Crippen LogP contribution in [0.5, 0.6) is 0 Å². The van der Waals surface area contributed by atoms with Crippen LogP contribution >= 0.6 is 0 Å². The molecule has 2 aromatic carbocycles. The van der Waals surface area contributed by atoms with Crippen molar-refractivity contribution in [1.82, 2.24) is 14.5 Å². The van der Waals surface area contributed by atoms with Crippen LogP contribution in [0, 0.1) is 20.4 Å². The Kier molecular flexibility index (Phi) is 4.81. The van der Waals surface area contributed by atoms with E-state index >= 15 is 0 Å². The molecule has 0 saturated heterocycles. The summed E-state index contributed by atoms with van der Waals surface area (Å²) >= 11 is 0. The van der Waals surface area contributed by atoms with Crippen molar-refractivity contribution in [2.24, 2.45) is 0 Å². The summed E-state index contributed by atoms with van der Waals surface area (Å²) < 4.78 is 1.77. The van der Waals surface area contributed by atoms with Crippen LogP contribution < -0.4 is 5.56 Å². The number of hydrogen-bond acceptors (Lipinski definition) is 3. The van der Waals surface area contributed by atoms with Gasteiger partial charge in [0.1, 0.15) is 5.82 Å². The molecule has 1 aliphatic heterocycles. The fourth-order valence-electron chi connectivity index (χ4n) is 3.69. The van der Waals surface area contributed by atoms with E-state index in [1.807, 2.05) is 31.2 Å². The van der Waals surface area contributed by atoms with Gasteiger partial charge in [-0.15, -0.1) is 0 Å². The molecule has 0 spiro atoms. The molecule has 5 nitrogen and oxygen atoms in total. The monoisotopic (exact) mass is 370 g/mol. The molecule has 0 unspecified atom stereocenters. The maximum absolute atomic E-state index is 13.1. The van der Waals surface area contributed by atoms with E-state index in [0.29, 0.717) is 31.9 Å². The van der Waals surface area contributed by atoms with Gasteiger partial charge in [0.05, 0.1) is 24.4 Å². The molecule has 0 radical (unpaired) electrons. The second kappa shape index (κ2) is 7.41. The highest BCUT2D eigenvalue weighted by atomic mass is 16.1. The van der Waals surface area contributed by atoms with Gasteiger partial charge >= 0.3 is 0 Å². The minimum atomic E-state index is 0.0560. The Morgan fingerprint density at radius 1 is 1.04 bits per heavy atom. The summed E-state index contributed by atoms with van der Waals surface area (Å²) in [4.78, 5) is 23.5. The summed E-state index contributed by atoms with van der Waals surface area (Å²) in [5, 5.41) is 0. The summed E-state index contributed by atoms with van der Waals surface area (Å²) in [6, 6.07) is 15.9. The molecule has 5 heteroatoms. The number of aryl methyl sites for hydroxylation is 2. The predicted octanol–water partition coefficient (Wildman–Crippen LogP) is 3.98. The van der Waals surface area contributed by atoms with Crippen molar-refractivity contribution in [3.05, 3.63) is 104 Å². The fraction of sp³-hybridized carbons (Fsp3) is 0.261. The molecule has 1 aromatic heterocycles. The van der Waals surface area contributed by atoms with Crippen molar-refractivity contribution in [2.45, 2.75) is 40.0 Å². The zero-order chi connectivity index (χ0) is 19.7. The highest BCUT2D eigenvalue weighted by Gasteiger charge is 2.25. The average Bonchev–Trinajstić information content (AvgIpc) is 3.09. The lowest BCUT2D eigenvalue weighted by atomic mass is 10.1.